The number of hydrogen-bond donors (Lipinski definition) is 2. The lowest BCUT2D eigenvalue weighted by Gasteiger charge is -2.14. The van der Waals surface area contributed by atoms with Crippen molar-refractivity contribution in [1.29, 1.82) is 0 Å². The highest BCUT2D eigenvalue weighted by atomic mass is 32.2. The van der Waals surface area contributed by atoms with Gasteiger partial charge >= 0.3 is 0 Å². The van der Waals surface area contributed by atoms with Crippen LogP contribution in [0.15, 0.2) is 12.1 Å². The van der Waals surface area contributed by atoms with E-state index in [1.165, 1.54) is 6.92 Å². The number of benzene rings is 1. The normalized spacial score (nSPS) is 13.4. The summed E-state index contributed by atoms with van der Waals surface area (Å²) in [5.74, 6) is -3.87. The largest absolute Gasteiger partial charge is 0.318 e. The second-order valence-corrected chi connectivity index (χ2v) is 5.86. The Bertz CT molecular complexity index is 534. The molecule has 1 atom stereocenters. The minimum Gasteiger partial charge on any atom is -0.318 e. The summed E-state index contributed by atoms with van der Waals surface area (Å²) in [6.07, 6.45) is 0. The molecule has 0 aliphatic carbocycles. The first kappa shape index (κ1) is 14.8. The van der Waals surface area contributed by atoms with Crippen molar-refractivity contribution in [2.75, 3.05) is 18.3 Å². The summed E-state index contributed by atoms with van der Waals surface area (Å²) < 4.78 is 64.1. The fourth-order valence-electron chi connectivity index (χ4n) is 1.25. The first-order valence-corrected chi connectivity index (χ1v) is 6.63. The summed E-state index contributed by atoms with van der Waals surface area (Å²) >= 11 is 0. The van der Waals surface area contributed by atoms with E-state index >= 15 is 0 Å². The number of halogens is 3. The van der Waals surface area contributed by atoms with Gasteiger partial charge in [0, 0.05) is 18.7 Å². The van der Waals surface area contributed by atoms with Crippen molar-refractivity contribution in [2.45, 2.75) is 12.2 Å². The van der Waals surface area contributed by atoms with Crippen LogP contribution in [-0.2, 0) is 10.0 Å². The Morgan fingerprint density at radius 2 is 1.72 bits per heavy atom. The number of anilines is 1. The van der Waals surface area contributed by atoms with Gasteiger partial charge < -0.3 is 5.32 Å². The molecule has 0 aliphatic heterocycles. The van der Waals surface area contributed by atoms with Gasteiger partial charge in [0.25, 0.3) is 0 Å². The maximum Gasteiger partial charge on any atom is 0.236 e. The van der Waals surface area contributed by atoms with Crippen molar-refractivity contribution < 1.29 is 21.6 Å². The van der Waals surface area contributed by atoms with Crippen LogP contribution in [0.25, 0.3) is 0 Å². The van der Waals surface area contributed by atoms with E-state index in [2.05, 4.69) is 5.32 Å². The van der Waals surface area contributed by atoms with Crippen LogP contribution in [0, 0.1) is 17.5 Å². The quantitative estimate of drug-likeness (QED) is 0.804. The van der Waals surface area contributed by atoms with Crippen molar-refractivity contribution in [3.05, 3.63) is 29.6 Å². The van der Waals surface area contributed by atoms with E-state index in [0.717, 1.165) is 0 Å². The van der Waals surface area contributed by atoms with Gasteiger partial charge in [-0.15, -0.1) is 0 Å². The lowest BCUT2D eigenvalue weighted by Crippen LogP contribution is -2.33. The molecule has 0 radical (unpaired) electrons. The lowest BCUT2D eigenvalue weighted by atomic mass is 10.3. The molecule has 1 aromatic rings. The minimum atomic E-state index is -3.87. The molecular formula is C10H13F3N2O2S. The highest BCUT2D eigenvalue weighted by Gasteiger charge is 2.22. The number of hydrogen-bond acceptors (Lipinski definition) is 3. The van der Waals surface area contributed by atoms with Gasteiger partial charge in [-0.1, -0.05) is 0 Å². The molecule has 0 aliphatic rings. The van der Waals surface area contributed by atoms with E-state index in [0.29, 0.717) is 6.07 Å². The summed E-state index contributed by atoms with van der Waals surface area (Å²) in [4.78, 5) is 0. The third kappa shape index (κ3) is 3.36. The monoisotopic (exact) mass is 282 g/mol. The van der Waals surface area contributed by atoms with E-state index in [9.17, 15) is 21.6 Å². The van der Waals surface area contributed by atoms with Gasteiger partial charge in [0.15, 0.2) is 11.6 Å². The van der Waals surface area contributed by atoms with E-state index in [4.69, 9.17) is 0 Å². The van der Waals surface area contributed by atoms with Gasteiger partial charge in [0.05, 0.1) is 10.9 Å². The standard InChI is InChI=1S/C10H13F3N2O2S/c1-6(5-14-2)18(16,17)15-10-4-8(12)7(11)3-9(10)13/h3-4,6,14-15H,5H2,1-2H3. The first-order chi connectivity index (χ1) is 8.27. The predicted molar refractivity (Wildman–Crippen MR) is 62.2 cm³/mol. The second-order valence-electron chi connectivity index (χ2n) is 3.76. The molecule has 18 heavy (non-hydrogen) atoms. The van der Waals surface area contributed by atoms with Gasteiger partial charge in [0.2, 0.25) is 10.0 Å². The molecule has 8 heteroatoms. The highest BCUT2D eigenvalue weighted by molar-refractivity contribution is 7.93. The zero-order valence-corrected chi connectivity index (χ0v) is 10.6. The van der Waals surface area contributed by atoms with Gasteiger partial charge in [-0.25, -0.2) is 21.6 Å². The Morgan fingerprint density at radius 3 is 2.28 bits per heavy atom. The van der Waals surface area contributed by atoms with Crippen molar-refractivity contribution in [3.8, 4) is 0 Å². The van der Waals surface area contributed by atoms with Crippen LogP contribution >= 0.6 is 0 Å². The van der Waals surface area contributed by atoms with Crippen molar-refractivity contribution in [3.63, 3.8) is 0 Å². The third-order valence-electron chi connectivity index (χ3n) is 2.28. The Hall–Kier alpha value is -1.28. The molecule has 0 heterocycles. The molecule has 1 unspecified atom stereocenters. The predicted octanol–water partition coefficient (Wildman–Crippen LogP) is 1.45. The van der Waals surface area contributed by atoms with Gasteiger partial charge in [-0.05, 0) is 14.0 Å². The summed E-state index contributed by atoms with van der Waals surface area (Å²) in [7, 11) is -2.31. The topological polar surface area (TPSA) is 58.2 Å². The third-order valence-corrected chi connectivity index (χ3v) is 4.01. The fraction of sp³-hybridized carbons (Fsp3) is 0.400. The fourth-order valence-corrected chi connectivity index (χ4v) is 2.30. The van der Waals surface area contributed by atoms with Crippen LogP contribution in [0.5, 0.6) is 0 Å². The zero-order chi connectivity index (χ0) is 13.9. The van der Waals surface area contributed by atoms with Crippen LogP contribution in [0.3, 0.4) is 0 Å². The highest BCUT2D eigenvalue weighted by Crippen LogP contribution is 2.20. The second kappa shape index (κ2) is 5.57. The molecule has 1 aromatic carbocycles. The summed E-state index contributed by atoms with van der Waals surface area (Å²) in [5.41, 5.74) is -0.614. The van der Waals surface area contributed by atoms with Crippen LogP contribution < -0.4 is 10.0 Å². The lowest BCUT2D eigenvalue weighted by molar-refractivity contribution is 0.496. The Kier molecular flexibility index (Phi) is 4.58. The molecule has 102 valence electrons. The van der Waals surface area contributed by atoms with E-state index in [1.54, 1.807) is 7.05 Å². The van der Waals surface area contributed by atoms with Crippen LogP contribution in [0.2, 0.25) is 0 Å². The molecule has 0 spiro atoms. The Balaban J connectivity index is 3.01. The average molecular weight is 282 g/mol. The van der Waals surface area contributed by atoms with Crippen molar-refractivity contribution >= 4 is 15.7 Å². The SMILES string of the molecule is CNCC(C)S(=O)(=O)Nc1cc(F)c(F)cc1F. The smallest absolute Gasteiger partial charge is 0.236 e. The number of sulfonamides is 1. The van der Waals surface area contributed by atoms with Crippen molar-refractivity contribution in [1.82, 2.24) is 5.32 Å². The summed E-state index contributed by atoms with van der Waals surface area (Å²) in [6.45, 7) is 1.54. The van der Waals surface area contributed by atoms with Gasteiger partial charge in [-0.3, -0.25) is 4.72 Å². The van der Waals surface area contributed by atoms with E-state index in [1.807, 2.05) is 4.72 Å². The molecular weight excluding hydrogens is 269 g/mol. The zero-order valence-electron chi connectivity index (χ0n) is 9.80. The molecule has 0 fully saturated rings. The summed E-state index contributed by atoms with van der Waals surface area (Å²) in [5, 5.41) is 1.80. The summed E-state index contributed by atoms with van der Waals surface area (Å²) in [6, 6.07) is 0.754. The average Bonchev–Trinajstić information content (AvgIpc) is 2.26. The maximum absolute atomic E-state index is 13.3. The van der Waals surface area contributed by atoms with Crippen LogP contribution in [0.1, 0.15) is 6.92 Å². The Labute approximate surface area is 103 Å². The maximum atomic E-state index is 13.3. The number of nitrogens with one attached hydrogen (secondary N) is 2. The minimum absolute atomic E-state index is 0.140. The molecule has 1 rings (SSSR count). The number of rotatable bonds is 5. The Morgan fingerprint density at radius 1 is 1.17 bits per heavy atom. The van der Waals surface area contributed by atoms with E-state index < -0.39 is 38.4 Å². The molecule has 4 nitrogen and oxygen atoms in total. The van der Waals surface area contributed by atoms with Gasteiger partial charge in [-0.2, -0.15) is 0 Å². The molecule has 0 bridgehead atoms. The molecule has 0 saturated heterocycles. The van der Waals surface area contributed by atoms with Crippen LogP contribution in [-0.4, -0.2) is 27.3 Å². The molecule has 2 N–H and O–H groups in total. The molecule has 0 saturated carbocycles. The molecule has 0 amide bonds. The van der Waals surface area contributed by atoms with Gasteiger partial charge in [0.1, 0.15) is 5.82 Å². The first-order valence-electron chi connectivity index (χ1n) is 5.08. The van der Waals surface area contributed by atoms with E-state index in [-0.39, 0.29) is 12.6 Å². The molecule has 0 aromatic heterocycles. The van der Waals surface area contributed by atoms with Crippen LogP contribution in [0.4, 0.5) is 18.9 Å². The van der Waals surface area contributed by atoms with Crippen molar-refractivity contribution in [2.24, 2.45) is 0 Å².